The van der Waals surface area contributed by atoms with Crippen molar-refractivity contribution in [3.8, 4) is 0 Å². The molecule has 3 nitrogen and oxygen atoms in total. The van der Waals surface area contributed by atoms with Crippen LogP contribution in [0.3, 0.4) is 0 Å². The summed E-state index contributed by atoms with van der Waals surface area (Å²) < 4.78 is 4.72. The highest BCUT2D eigenvalue weighted by Crippen LogP contribution is 2.21. The van der Waals surface area contributed by atoms with Gasteiger partial charge in [-0.1, -0.05) is 6.07 Å². The van der Waals surface area contributed by atoms with Gasteiger partial charge >= 0.3 is 5.97 Å². The van der Waals surface area contributed by atoms with Crippen LogP contribution in [0.4, 0.5) is 0 Å². The van der Waals surface area contributed by atoms with Gasteiger partial charge in [0, 0.05) is 13.1 Å². The Morgan fingerprint density at radius 2 is 2.00 bits per heavy atom. The standard InChI is InChI=1S/C11H13NO2/c1-7-3-8-5-12-6-9(8)4-10(7)11(13)14-2/h3-4,12H,5-6H2,1-2H3. The van der Waals surface area contributed by atoms with Crippen LogP contribution in [0.2, 0.25) is 0 Å². The van der Waals surface area contributed by atoms with E-state index in [2.05, 4.69) is 11.4 Å². The molecule has 0 radical (unpaired) electrons. The molecule has 0 aromatic heterocycles. The number of benzene rings is 1. The summed E-state index contributed by atoms with van der Waals surface area (Å²) in [7, 11) is 1.41. The summed E-state index contributed by atoms with van der Waals surface area (Å²) >= 11 is 0. The third kappa shape index (κ3) is 1.40. The molecule has 3 heteroatoms. The molecule has 0 fully saturated rings. The molecule has 74 valence electrons. The first-order chi connectivity index (χ1) is 6.72. The largest absolute Gasteiger partial charge is 0.465 e. The lowest BCUT2D eigenvalue weighted by Gasteiger charge is -2.06. The van der Waals surface area contributed by atoms with Gasteiger partial charge in [-0.05, 0) is 29.7 Å². The van der Waals surface area contributed by atoms with E-state index in [-0.39, 0.29) is 5.97 Å². The van der Waals surface area contributed by atoms with Gasteiger partial charge in [0.1, 0.15) is 0 Å². The van der Waals surface area contributed by atoms with Gasteiger partial charge in [-0.15, -0.1) is 0 Å². The Bertz CT molecular complexity index is 385. The lowest BCUT2D eigenvalue weighted by atomic mass is 10.0. The molecule has 0 saturated heterocycles. The Morgan fingerprint density at radius 1 is 1.36 bits per heavy atom. The number of carbonyl (C=O) groups excluding carboxylic acids is 1. The zero-order valence-corrected chi connectivity index (χ0v) is 8.39. The van der Waals surface area contributed by atoms with E-state index in [1.165, 1.54) is 18.2 Å². The Morgan fingerprint density at radius 3 is 2.64 bits per heavy atom. The summed E-state index contributed by atoms with van der Waals surface area (Å²) in [4.78, 5) is 11.4. The van der Waals surface area contributed by atoms with E-state index in [1.807, 2.05) is 13.0 Å². The van der Waals surface area contributed by atoms with Gasteiger partial charge in [0.2, 0.25) is 0 Å². The number of carbonyl (C=O) groups is 1. The third-order valence-electron chi connectivity index (χ3n) is 2.58. The topological polar surface area (TPSA) is 38.3 Å². The van der Waals surface area contributed by atoms with Crippen LogP contribution < -0.4 is 5.32 Å². The SMILES string of the molecule is COC(=O)c1cc2c(cc1C)CNC2. The van der Waals surface area contributed by atoms with Crippen molar-refractivity contribution in [2.45, 2.75) is 20.0 Å². The van der Waals surface area contributed by atoms with Gasteiger partial charge in [-0.2, -0.15) is 0 Å². The number of rotatable bonds is 1. The van der Waals surface area contributed by atoms with Crippen LogP contribution >= 0.6 is 0 Å². The molecule has 0 saturated carbocycles. The van der Waals surface area contributed by atoms with E-state index >= 15 is 0 Å². The van der Waals surface area contributed by atoms with Crippen LogP contribution in [0, 0.1) is 6.92 Å². The minimum absolute atomic E-state index is 0.253. The van der Waals surface area contributed by atoms with E-state index < -0.39 is 0 Å². The molecule has 0 aliphatic carbocycles. The van der Waals surface area contributed by atoms with Crippen LogP contribution in [-0.2, 0) is 17.8 Å². The number of aryl methyl sites for hydroxylation is 1. The molecule has 1 heterocycles. The molecule has 1 aliphatic heterocycles. The summed E-state index contributed by atoms with van der Waals surface area (Å²) in [5.41, 5.74) is 4.15. The first-order valence-corrected chi connectivity index (χ1v) is 4.64. The molecule has 0 amide bonds. The molecule has 1 aromatic carbocycles. The lowest BCUT2D eigenvalue weighted by Crippen LogP contribution is -2.05. The monoisotopic (exact) mass is 191 g/mol. The van der Waals surface area contributed by atoms with Crippen LogP contribution in [0.5, 0.6) is 0 Å². The van der Waals surface area contributed by atoms with Crippen molar-refractivity contribution >= 4 is 5.97 Å². The zero-order chi connectivity index (χ0) is 10.1. The van der Waals surface area contributed by atoms with Gasteiger partial charge in [0.15, 0.2) is 0 Å². The molecule has 0 unspecified atom stereocenters. The Kier molecular flexibility index (Phi) is 2.25. The minimum Gasteiger partial charge on any atom is -0.465 e. The van der Waals surface area contributed by atoms with Crippen molar-refractivity contribution in [3.63, 3.8) is 0 Å². The molecule has 1 N–H and O–H groups in total. The average molecular weight is 191 g/mol. The first-order valence-electron chi connectivity index (χ1n) is 4.64. The maximum Gasteiger partial charge on any atom is 0.338 e. The van der Waals surface area contributed by atoms with Gasteiger partial charge in [-0.3, -0.25) is 0 Å². The summed E-state index contributed by atoms with van der Waals surface area (Å²) in [6, 6.07) is 3.98. The van der Waals surface area contributed by atoms with E-state index in [1.54, 1.807) is 0 Å². The predicted molar refractivity (Wildman–Crippen MR) is 53.1 cm³/mol. The fourth-order valence-electron chi connectivity index (χ4n) is 1.80. The second-order valence-electron chi connectivity index (χ2n) is 3.53. The highest BCUT2D eigenvalue weighted by atomic mass is 16.5. The minimum atomic E-state index is -0.253. The number of hydrogen-bond donors (Lipinski definition) is 1. The maximum absolute atomic E-state index is 11.4. The first kappa shape index (κ1) is 9.21. The molecule has 0 atom stereocenters. The van der Waals surface area contributed by atoms with Gasteiger partial charge in [-0.25, -0.2) is 4.79 Å². The Balaban J connectivity index is 2.47. The van der Waals surface area contributed by atoms with Crippen LogP contribution in [0.1, 0.15) is 27.0 Å². The van der Waals surface area contributed by atoms with Crippen molar-refractivity contribution in [2.24, 2.45) is 0 Å². The zero-order valence-electron chi connectivity index (χ0n) is 8.39. The Labute approximate surface area is 83.1 Å². The molecule has 2 rings (SSSR count). The molecule has 14 heavy (non-hydrogen) atoms. The summed E-state index contributed by atoms with van der Waals surface area (Å²) in [6.45, 7) is 3.68. The third-order valence-corrected chi connectivity index (χ3v) is 2.58. The Hall–Kier alpha value is -1.35. The summed E-state index contributed by atoms with van der Waals surface area (Å²) in [6.07, 6.45) is 0. The number of methoxy groups -OCH3 is 1. The highest BCUT2D eigenvalue weighted by Gasteiger charge is 2.16. The fraction of sp³-hybridized carbons (Fsp3) is 0.364. The summed E-state index contributed by atoms with van der Waals surface area (Å²) in [5.74, 6) is -0.253. The molecule has 1 aromatic rings. The van der Waals surface area contributed by atoms with Crippen LogP contribution in [-0.4, -0.2) is 13.1 Å². The smallest absolute Gasteiger partial charge is 0.338 e. The fourth-order valence-corrected chi connectivity index (χ4v) is 1.80. The second-order valence-corrected chi connectivity index (χ2v) is 3.53. The van der Waals surface area contributed by atoms with Crippen molar-refractivity contribution in [2.75, 3.05) is 7.11 Å². The molecular weight excluding hydrogens is 178 g/mol. The summed E-state index contributed by atoms with van der Waals surface area (Å²) in [5, 5.41) is 3.25. The van der Waals surface area contributed by atoms with E-state index in [0.29, 0.717) is 5.56 Å². The number of ether oxygens (including phenoxy) is 1. The van der Waals surface area contributed by atoms with Gasteiger partial charge in [0.25, 0.3) is 0 Å². The number of hydrogen-bond acceptors (Lipinski definition) is 3. The van der Waals surface area contributed by atoms with E-state index in [0.717, 1.165) is 18.7 Å². The van der Waals surface area contributed by atoms with Crippen LogP contribution in [0.15, 0.2) is 12.1 Å². The van der Waals surface area contributed by atoms with Crippen molar-refractivity contribution in [1.82, 2.24) is 5.32 Å². The molecule has 0 bridgehead atoms. The predicted octanol–water partition coefficient (Wildman–Crippen LogP) is 1.38. The second kappa shape index (κ2) is 3.42. The van der Waals surface area contributed by atoms with Crippen LogP contribution in [0.25, 0.3) is 0 Å². The highest BCUT2D eigenvalue weighted by molar-refractivity contribution is 5.91. The molecule has 1 aliphatic rings. The maximum atomic E-state index is 11.4. The number of esters is 1. The number of nitrogens with one attached hydrogen (secondary N) is 1. The lowest BCUT2D eigenvalue weighted by molar-refractivity contribution is 0.0600. The van der Waals surface area contributed by atoms with E-state index in [4.69, 9.17) is 4.74 Å². The quantitative estimate of drug-likeness (QED) is 0.681. The van der Waals surface area contributed by atoms with Crippen molar-refractivity contribution in [1.29, 1.82) is 0 Å². The average Bonchev–Trinajstić information content (AvgIpc) is 2.62. The van der Waals surface area contributed by atoms with Gasteiger partial charge in [0.05, 0.1) is 12.7 Å². The number of fused-ring (bicyclic) bond motifs is 1. The molecule has 0 spiro atoms. The normalized spacial score (nSPS) is 13.9. The van der Waals surface area contributed by atoms with E-state index in [9.17, 15) is 4.79 Å². The van der Waals surface area contributed by atoms with Crippen molar-refractivity contribution < 1.29 is 9.53 Å². The van der Waals surface area contributed by atoms with Crippen molar-refractivity contribution in [3.05, 3.63) is 34.4 Å². The van der Waals surface area contributed by atoms with Gasteiger partial charge < -0.3 is 10.1 Å². The molecular formula is C11H13NO2.